The van der Waals surface area contributed by atoms with Crippen LogP contribution in [0.5, 0.6) is 0 Å². The fourth-order valence-electron chi connectivity index (χ4n) is 3.28. The Morgan fingerprint density at radius 1 is 1.18 bits per heavy atom. The molecule has 0 saturated heterocycles. The van der Waals surface area contributed by atoms with E-state index in [9.17, 15) is 13.2 Å². The molecule has 0 aliphatic rings. The van der Waals surface area contributed by atoms with Gasteiger partial charge in [-0.05, 0) is 56.9 Å². The summed E-state index contributed by atoms with van der Waals surface area (Å²) in [5.74, 6) is 0.682. The van der Waals surface area contributed by atoms with Crippen molar-refractivity contribution in [3.8, 4) is 0 Å². The molecule has 0 fully saturated rings. The molecule has 9 nitrogen and oxygen atoms in total. The first-order chi connectivity index (χ1) is 15.6. The lowest BCUT2D eigenvalue weighted by Crippen LogP contribution is -2.42. The van der Waals surface area contributed by atoms with Crippen molar-refractivity contribution in [3.63, 3.8) is 0 Å². The number of aromatic nitrogens is 4. The Morgan fingerprint density at radius 2 is 1.88 bits per heavy atom. The van der Waals surface area contributed by atoms with Crippen LogP contribution in [0.3, 0.4) is 0 Å². The van der Waals surface area contributed by atoms with Crippen LogP contribution in [0.4, 0.5) is 0 Å². The van der Waals surface area contributed by atoms with Crippen molar-refractivity contribution < 1.29 is 17.9 Å². The fourth-order valence-corrected chi connectivity index (χ4v) is 5.26. The van der Waals surface area contributed by atoms with Crippen molar-refractivity contribution in [1.82, 2.24) is 24.3 Å². The van der Waals surface area contributed by atoms with Gasteiger partial charge in [0.25, 0.3) is 5.78 Å². The number of carbonyl (C=O) groups is 1. The molecule has 0 radical (unpaired) electrons. The van der Waals surface area contributed by atoms with Gasteiger partial charge in [-0.15, -0.1) is 5.10 Å². The van der Waals surface area contributed by atoms with Crippen molar-refractivity contribution in [2.24, 2.45) is 5.92 Å². The summed E-state index contributed by atoms with van der Waals surface area (Å²) >= 11 is 1.44. The average molecular weight is 492 g/mol. The van der Waals surface area contributed by atoms with Gasteiger partial charge in [0, 0.05) is 17.1 Å². The Morgan fingerprint density at radius 3 is 2.52 bits per heavy atom. The Kier molecular flexibility index (Phi) is 8.09. The zero-order valence-electron chi connectivity index (χ0n) is 19.4. The Labute approximate surface area is 198 Å². The summed E-state index contributed by atoms with van der Waals surface area (Å²) in [5.41, 5.74) is 2.76. The van der Waals surface area contributed by atoms with E-state index >= 15 is 0 Å². The lowest BCUT2D eigenvalue weighted by atomic mass is 10.1. The van der Waals surface area contributed by atoms with Crippen LogP contribution in [-0.4, -0.2) is 46.6 Å². The third kappa shape index (κ3) is 6.52. The molecule has 33 heavy (non-hydrogen) atoms. The van der Waals surface area contributed by atoms with Crippen LogP contribution >= 0.6 is 11.8 Å². The highest BCUT2D eigenvalue weighted by Crippen LogP contribution is 2.22. The maximum absolute atomic E-state index is 12.8. The number of sulfonamides is 1. The zero-order valence-corrected chi connectivity index (χ0v) is 21.0. The summed E-state index contributed by atoms with van der Waals surface area (Å²) in [4.78, 5) is 21.1. The number of fused-ring (bicyclic) bond motifs is 1. The van der Waals surface area contributed by atoms with Crippen LogP contribution in [0.1, 0.15) is 44.1 Å². The molecule has 1 atom stereocenters. The third-order valence-corrected chi connectivity index (χ3v) is 7.17. The quantitative estimate of drug-likeness (QED) is 0.339. The van der Waals surface area contributed by atoms with Crippen molar-refractivity contribution in [2.75, 3.05) is 6.61 Å². The number of carbonyl (C=O) groups excluding carboxylic acids is 1. The summed E-state index contributed by atoms with van der Waals surface area (Å²) in [7, 11) is -3.87. The minimum Gasteiger partial charge on any atom is -0.465 e. The SMILES string of the molecule is CCOC(=O)[C@@H](CC(C)C)NS(=O)(=O)c1ccc(CSc2nc3nc(C)cc(C)n3n2)cc1. The third-order valence-electron chi connectivity index (χ3n) is 4.78. The second kappa shape index (κ2) is 10.6. The topological polar surface area (TPSA) is 116 Å². The number of rotatable bonds is 10. The van der Waals surface area contributed by atoms with Crippen LogP contribution in [-0.2, 0) is 25.3 Å². The minimum atomic E-state index is -3.87. The smallest absolute Gasteiger partial charge is 0.324 e. The maximum Gasteiger partial charge on any atom is 0.324 e. The van der Waals surface area contributed by atoms with E-state index in [0.717, 1.165) is 17.0 Å². The number of aryl methyl sites for hydroxylation is 2. The molecule has 0 spiro atoms. The lowest BCUT2D eigenvalue weighted by Gasteiger charge is -2.19. The number of hydrogen-bond acceptors (Lipinski definition) is 8. The molecule has 0 saturated carbocycles. The van der Waals surface area contributed by atoms with Crippen molar-refractivity contribution >= 4 is 33.5 Å². The lowest BCUT2D eigenvalue weighted by molar-refractivity contribution is -0.145. The van der Waals surface area contributed by atoms with Gasteiger partial charge in [-0.3, -0.25) is 4.79 Å². The van der Waals surface area contributed by atoms with Crippen LogP contribution in [0.2, 0.25) is 0 Å². The molecule has 0 amide bonds. The monoisotopic (exact) mass is 491 g/mol. The zero-order chi connectivity index (χ0) is 24.2. The maximum atomic E-state index is 12.8. The van der Waals surface area contributed by atoms with Crippen molar-refractivity contribution in [2.45, 2.75) is 62.9 Å². The standard InChI is InChI=1S/C22H29N5O4S2/c1-6-31-20(28)19(11-14(2)3)26-33(29,30)18-9-7-17(8-10-18)13-32-22-24-21-23-15(4)12-16(5)27(21)25-22/h7-10,12,14,19,26H,6,11,13H2,1-5H3/t19-/m1/s1. The Balaban J connectivity index is 1.68. The summed E-state index contributed by atoms with van der Waals surface area (Å²) in [5, 5.41) is 5.07. The molecule has 0 aliphatic carbocycles. The van der Waals surface area contributed by atoms with E-state index in [1.165, 1.54) is 23.9 Å². The van der Waals surface area contributed by atoms with Gasteiger partial charge in [0.15, 0.2) is 0 Å². The molecular weight excluding hydrogens is 462 g/mol. The predicted octanol–water partition coefficient (Wildman–Crippen LogP) is 3.29. The van der Waals surface area contributed by atoms with E-state index in [2.05, 4.69) is 19.8 Å². The van der Waals surface area contributed by atoms with Gasteiger partial charge >= 0.3 is 5.97 Å². The van der Waals surface area contributed by atoms with Crippen molar-refractivity contribution in [3.05, 3.63) is 47.3 Å². The van der Waals surface area contributed by atoms with Gasteiger partial charge < -0.3 is 4.74 Å². The van der Waals surface area contributed by atoms with E-state index < -0.39 is 22.0 Å². The summed E-state index contributed by atoms with van der Waals surface area (Å²) in [6, 6.07) is 7.56. The Hall–Kier alpha value is -2.50. The van der Waals surface area contributed by atoms with E-state index in [-0.39, 0.29) is 17.4 Å². The fraction of sp³-hybridized carbons (Fsp3) is 0.455. The van der Waals surface area contributed by atoms with Crippen LogP contribution < -0.4 is 4.72 Å². The first-order valence-corrected chi connectivity index (χ1v) is 13.2. The van der Waals surface area contributed by atoms with E-state index in [0.29, 0.717) is 23.1 Å². The highest BCUT2D eigenvalue weighted by Gasteiger charge is 2.27. The number of nitrogens with zero attached hydrogens (tertiary/aromatic N) is 4. The number of esters is 1. The second-order valence-corrected chi connectivity index (χ2v) is 10.8. The number of ether oxygens (including phenoxy) is 1. The minimum absolute atomic E-state index is 0.0930. The number of nitrogens with one attached hydrogen (secondary N) is 1. The number of hydrogen-bond donors (Lipinski definition) is 1. The van der Waals surface area contributed by atoms with E-state index in [4.69, 9.17) is 4.74 Å². The van der Waals surface area contributed by atoms with Gasteiger partial charge in [0.05, 0.1) is 11.5 Å². The molecule has 0 bridgehead atoms. The molecular formula is C22H29N5O4S2. The molecule has 3 rings (SSSR count). The van der Waals surface area contributed by atoms with Gasteiger partial charge in [-0.25, -0.2) is 17.9 Å². The van der Waals surface area contributed by atoms with Crippen molar-refractivity contribution in [1.29, 1.82) is 0 Å². The van der Waals surface area contributed by atoms with Gasteiger partial charge in [-0.1, -0.05) is 37.7 Å². The predicted molar refractivity (Wildman–Crippen MR) is 126 cm³/mol. The van der Waals surface area contributed by atoms with Crippen LogP contribution in [0.15, 0.2) is 40.4 Å². The Bertz CT molecular complexity index is 1220. The summed E-state index contributed by atoms with van der Waals surface area (Å²) < 4.78 is 34.9. The molecule has 1 N–H and O–H groups in total. The first kappa shape index (κ1) is 25.1. The van der Waals surface area contributed by atoms with E-state index in [1.54, 1.807) is 23.6 Å². The molecule has 3 aromatic rings. The molecule has 1 aromatic carbocycles. The average Bonchev–Trinajstić information content (AvgIpc) is 3.15. The number of benzene rings is 1. The molecule has 0 aliphatic heterocycles. The largest absolute Gasteiger partial charge is 0.465 e. The van der Waals surface area contributed by atoms with Gasteiger partial charge in [-0.2, -0.15) is 9.71 Å². The van der Waals surface area contributed by atoms with Crippen LogP contribution in [0.25, 0.3) is 5.78 Å². The molecule has 11 heteroatoms. The first-order valence-electron chi connectivity index (χ1n) is 10.7. The molecule has 0 unspecified atom stereocenters. The summed E-state index contributed by atoms with van der Waals surface area (Å²) in [6.07, 6.45) is 0.354. The normalized spacial score (nSPS) is 12.9. The molecule has 2 heterocycles. The summed E-state index contributed by atoms with van der Waals surface area (Å²) in [6.45, 7) is 9.59. The highest BCUT2D eigenvalue weighted by molar-refractivity contribution is 7.98. The van der Waals surface area contributed by atoms with Gasteiger partial charge in [0.2, 0.25) is 15.2 Å². The number of thioether (sulfide) groups is 1. The van der Waals surface area contributed by atoms with Crippen LogP contribution in [0, 0.1) is 19.8 Å². The highest BCUT2D eigenvalue weighted by atomic mass is 32.2. The second-order valence-electron chi connectivity index (χ2n) is 8.13. The van der Waals surface area contributed by atoms with E-state index in [1.807, 2.05) is 33.8 Å². The molecule has 178 valence electrons. The van der Waals surface area contributed by atoms with Gasteiger partial charge in [0.1, 0.15) is 6.04 Å². The molecule has 2 aromatic heterocycles.